The van der Waals surface area contributed by atoms with Gasteiger partial charge in [0.2, 0.25) is 0 Å². The summed E-state index contributed by atoms with van der Waals surface area (Å²) >= 11 is 0. The molecule has 0 atom stereocenters. The van der Waals surface area contributed by atoms with E-state index in [1.165, 1.54) is 10.9 Å². The van der Waals surface area contributed by atoms with Gasteiger partial charge in [-0.1, -0.05) is 30.3 Å². The number of rotatable bonds is 3. The molecule has 0 saturated carbocycles. The van der Waals surface area contributed by atoms with E-state index in [-0.39, 0.29) is 12.1 Å². The first-order valence-corrected chi connectivity index (χ1v) is 8.64. The van der Waals surface area contributed by atoms with Crippen molar-refractivity contribution in [3.8, 4) is 0 Å². The Morgan fingerprint density at radius 1 is 1.07 bits per heavy atom. The Balaban J connectivity index is 1.46. The van der Waals surface area contributed by atoms with Crippen molar-refractivity contribution in [2.45, 2.75) is 13.5 Å². The van der Waals surface area contributed by atoms with Gasteiger partial charge in [0.05, 0.1) is 22.8 Å². The number of carbonyl (C=O) groups excluding carboxylic acids is 2. The summed E-state index contributed by atoms with van der Waals surface area (Å²) in [6.07, 6.45) is 2.91. The highest BCUT2D eigenvalue weighted by atomic mass is 16.2. The van der Waals surface area contributed by atoms with Gasteiger partial charge in [-0.2, -0.15) is 0 Å². The van der Waals surface area contributed by atoms with Gasteiger partial charge < -0.3 is 4.98 Å². The Morgan fingerprint density at radius 2 is 1.86 bits per heavy atom. The van der Waals surface area contributed by atoms with Crippen LogP contribution in [-0.2, 0) is 11.3 Å². The SMILES string of the molecule is Cc1cccc2c(=O)n(CC(=O)NNC(=O)c3c[nH]c4ccccc34)cnc12. The van der Waals surface area contributed by atoms with Crippen molar-refractivity contribution < 1.29 is 9.59 Å². The van der Waals surface area contributed by atoms with E-state index in [2.05, 4.69) is 20.8 Å². The summed E-state index contributed by atoms with van der Waals surface area (Å²) in [4.78, 5) is 44.3. The average molecular weight is 375 g/mol. The Hall–Kier alpha value is -3.94. The lowest BCUT2D eigenvalue weighted by molar-refractivity contribution is -0.122. The minimum absolute atomic E-state index is 0.260. The van der Waals surface area contributed by atoms with Crippen LogP contribution in [0.15, 0.2) is 59.8 Å². The summed E-state index contributed by atoms with van der Waals surface area (Å²) in [6, 6.07) is 12.7. The summed E-state index contributed by atoms with van der Waals surface area (Å²) in [7, 11) is 0. The maximum Gasteiger partial charge on any atom is 0.271 e. The number of hydrogen-bond acceptors (Lipinski definition) is 4. The fourth-order valence-electron chi connectivity index (χ4n) is 3.10. The number of nitrogens with zero attached hydrogens (tertiary/aromatic N) is 2. The molecule has 2 amide bonds. The van der Waals surface area contributed by atoms with Crippen LogP contribution in [0.1, 0.15) is 15.9 Å². The molecule has 4 rings (SSSR count). The monoisotopic (exact) mass is 375 g/mol. The molecule has 4 aromatic rings. The van der Waals surface area contributed by atoms with E-state index in [9.17, 15) is 14.4 Å². The minimum atomic E-state index is -0.538. The number of carbonyl (C=O) groups is 2. The van der Waals surface area contributed by atoms with Crippen LogP contribution in [0.3, 0.4) is 0 Å². The van der Waals surface area contributed by atoms with Crippen molar-refractivity contribution in [2.24, 2.45) is 0 Å². The largest absolute Gasteiger partial charge is 0.360 e. The first kappa shape index (κ1) is 17.5. The van der Waals surface area contributed by atoms with Crippen LogP contribution >= 0.6 is 0 Å². The lowest BCUT2D eigenvalue weighted by Crippen LogP contribution is -2.44. The molecule has 28 heavy (non-hydrogen) atoms. The lowest BCUT2D eigenvalue weighted by Gasteiger charge is -2.09. The molecule has 8 heteroatoms. The first-order chi connectivity index (χ1) is 13.5. The number of aryl methyl sites for hydroxylation is 1. The Kier molecular flexibility index (Phi) is 4.36. The second-order valence-corrected chi connectivity index (χ2v) is 6.40. The smallest absolute Gasteiger partial charge is 0.271 e. The maximum atomic E-state index is 12.5. The fraction of sp³-hybridized carbons (Fsp3) is 0.100. The van der Waals surface area contributed by atoms with Crippen molar-refractivity contribution >= 4 is 33.6 Å². The Bertz CT molecular complexity index is 1270. The number of nitrogens with one attached hydrogen (secondary N) is 3. The van der Waals surface area contributed by atoms with Crippen molar-refractivity contribution in [3.63, 3.8) is 0 Å². The first-order valence-electron chi connectivity index (χ1n) is 8.64. The Morgan fingerprint density at radius 3 is 2.71 bits per heavy atom. The molecule has 0 spiro atoms. The van der Waals surface area contributed by atoms with E-state index in [1.54, 1.807) is 18.3 Å². The van der Waals surface area contributed by atoms with Crippen molar-refractivity contribution in [3.05, 3.63) is 76.5 Å². The number of hydrogen-bond donors (Lipinski definition) is 3. The molecular weight excluding hydrogens is 358 g/mol. The van der Waals surface area contributed by atoms with E-state index in [1.807, 2.05) is 37.3 Å². The second-order valence-electron chi connectivity index (χ2n) is 6.40. The molecule has 3 N–H and O–H groups in total. The van der Waals surface area contributed by atoms with Crippen LogP contribution in [0, 0.1) is 6.92 Å². The van der Waals surface area contributed by atoms with Gasteiger partial charge in [-0.15, -0.1) is 0 Å². The third-order valence-corrected chi connectivity index (χ3v) is 4.52. The van der Waals surface area contributed by atoms with Gasteiger partial charge in [0.25, 0.3) is 17.4 Å². The van der Waals surface area contributed by atoms with Crippen LogP contribution < -0.4 is 16.4 Å². The predicted octanol–water partition coefficient (Wildman–Crippen LogP) is 1.65. The van der Waals surface area contributed by atoms with Crippen LogP contribution in [0.5, 0.6) is 0 Å². The zero-order valence-corrected chi connectivity index (χ0v) is 15.0. The van der Waals surface area contributed by atoms with Gasteiger partial charge in [-0.05, 0) is 24.6 Å². The summed E-state index contributed by atoms with van der Waals surface area (Å²) in [6.45, 7) is 1.61. The molecule has 2 heterocycles. The molecule has 0 unspecified atom stereocenters. The molecule has 0 fully saturated rings. The normalized spacial score (nSPS) is 10.9. The maximum absolute atomic E-state index is 12.5. The summed E-state index contributed by atoms with van der Waals surface area (Å²) in [5.74, 6) is -0.991. The fourth-order valence-corrected chi connectivity index (χ4v) is 3.10. The highest BCUT2D eigenvalue weighted by molar-refractivity contribution is 6.07. The number of amides is 2. The van der Waals surface area contributed by atoms with Gasteiger partial charge in [-0.3, -0.25) is 29.8 Å². The number of fused-ring (bicyclic) bond motifs is 2. The average Bonchev–Trinajstić information content (AvgIpc) is 3.13. The zero-order valence-electron chi connectivity index (χ0n) is 15.0. The second kappa shape index (κ2) is 6.99. The molecule has 0 bridgehead atoms. The van der Waals surface area contributed by atoms with Gasteiger partial charge in [0.1, 0.15) is 6.54 Å². The van der Waals surface area contributed by atoms with Gasteiger partial charge in [0, 0.05) is 17.1 Å². The molecule has 0 aliphatic rings. The summed E-state index contributed by atoms with van der Waals surface area (Å²) in [5.41, 5.74) is 7.12. The number of aromatic amines is 1. The van der Waals surface area contributed by atoms with Crippen LogP contribution in [0.25, 0.3) is 21.8 Å². The molecule has 2 aromatic heterocycles. The molecule has 0 aliphatic carbocycles. The lowest BCUT2D eigenvalue weighted by atomic mass is 10.1. The zero-order chi connectivity index (χ0) is 19.7. The summed E-state index contributed by atoms with van der Waals surface area (Å²) in [5, 5.41) is 1.19. The summed E-state index contributed by atoms with van der Waals surface area (Å²) < 4.78 is 1.20. The van der Waals surface area contributed by atoms with Gasteiger partial charge >= 0.3 is 0 Å². The molecule has 0 aliphatic heterocycles. The Labute approximate surface area is 159 Å². The molecular formula is C20H17N5O3. The number of aromatic nitrogens is 3. The van der Waals surface area contributed by atoms with E-state index in [0.717, 1.165) is 16.5 Å². The third-order valence-electron chi connectivity index (χ3n) is 4.52. The van der Waals surface area contributed by atoms with E-state index >= 15 is 0 Å². The minimum Gasteiger partial charge on any atom is -0.360 e. The predicted molar refractivity (Wildman–Crippen MR) is 105 cm³/mol. The molecule has 0 radical (unpaired) electrons. The van der Waals surface area contributed by atoms with Crippen molar-refractivity contribution in [1.29, 1.82) is 0 Å². The van der Waals surface area contributed by atoms with Gasteiger partial charge in [0.15, 0.2) is 0 Å². The highest BCUT2D eigenvalue weighted by Gasteiger charge is 2.13. The van der Waals surface area contributed by atoms with E-state index < -0.39 is 11.8 Å². The van der Waals surface area contributed by atoms with E-state index in [0.29, 0.717) is 16.5 Å². The third kappa shape index (κ3) is 3.11. The number of benzene rings is 2. The standard InChI is InChI=1S/C20H17N5O3/c1-12-5-4-7-14-18(12)22-11-25(20(14)28)10-17(26)23-24-19(27)15-9-21-16-8-3-2-6-13(15)16/h2-9,11,21H,10H2,1H3,(H,23,26)(H,24,27). The van der Waals surface area contributed by atoms with E-state index in [4.69, 9.17) is 0 Å². The van der Waals surface area contributed by atoms with Crippen LogP contribution in [-0.4, -0.2) is 26.3 Å². The number of hydrazine groups is 1. The van der Waals surface area contributed by atoms with Crippen LogP contribution in [0.4, 0.5) is 0 Å². The van der Waals surface area contributed by atoms with Gasteiger partial charge in [-0.25, -0.2) is 4.98 Å². The molecule has 0 saturated heterocycles. The van der Waals surface area contributed by atoms with Crippen LogP contribution in [0.2, 0.25) is 0 Å². The van der Waals surface area contributed by atoms with Crippen molar-refractivity contribution in [2.75, 3.05) is 0 Å². The molecule has 2 aromatic carbocycles. The number of H-pyrrole nitrogens is 1. The highest BCUT2D eigenvalue weighted by Crippen LogP contribution is 2.17. The van der Waals surface area contributed by atoms with Crippen molar-refractivity contribution in [1.82, 2.24) is 25.4 Å². The molecule has 8 nitrogen and oxygen atoms in total. The quantitative estimate of drug-likeness (QED) is 0.473. The topological polar surface area (TPSA) is 109 Å². The number of para-hydroxylation sites is 2. The molecule has 140 valence electrons.